The molecule has 10 nitrogen and oxygen atoms in total. The molecule has 3 amide bonds. The molecule has 252 valence electrons. The molecule has 3 aliphatic rings. The summed E-state index contributed by atoms with van der Waals surface area (Å²) in [7, 11) is 0. The van der Waals surface area contributed by atoms with Gasteiger partial charge in [-0.2, -0.15) is 0 Å². The van der Waals surface area contributed by atoms with E-state index in [1.54, 1.807) is 23.1 Å². The molecular weight excluding hydrogens is 657 g/mol. The molecule has 2 fully saturated rings. The van der Waals surface area contributed by atoms with Crippen LogP contribution in [-0.4, -0.2) is 87.4 Å². The summed E-state index contributed by atoms with van der Waals surface area (Å²) in [5.74, 6) is 0.884. The zero-order valence-electron chi connectivity index (χ0n) is 26.7. The molecule has 1 saturated heterocycles. The van der Waals surface area contributed by atoms with Crippen molar-refractivity contribution >= 4 is 46.9 Å². The summed E-state index contributed by atoms with van der Waals surface area (Å²) >= 11 is 12.8. The lowest BCUT2D eigenvalue weighted by molar-refractivity contribution is -0.129. The minimum atomic E-state index is -1.18. The number of ether oxygens (including phenoxy) is 2. The predicted molar refractivity (Wildman–Crippen MR) is 182 cm³/mol. The molecule has 2 bridgehead atoms. The van der Waals surface area contributed by atoms with Gasteiger partial charge in [-0.15, -0.1) is 0 Å². The molecule has 0 aromatic heterocycles. The van der Waals surface area contributed by atoms with Crippen LogP contribution in [0.4, 0.5) is 9.59 Å². The normalized spacial score (nSPS) is 18.8. The lowest BCUT2D eigenvalue weighted by Crippen LogP contribution is -2.65. The number of nitrogens with zero attached hydrogens (tertiary/aromatic N) is 3. The Morgan fingerprint density at radius 1 is 0.875 bits per heavy atom. The summed E-state index contributed by atoms with van der Waals surface area (Å²) in [6.07, 6.45) is -0.506. The van der Waals surface area contributed by atoms with Crippen molar-refractivity contribution in [3.63, 3.8) is 0 Å². The van der Waals surface area contributed by atoms with Crippen LogP contribution in [0.2, 0.25) is 10.0 Å². The molecule has 2 aliphatic heterocycles. The van der Waals surface area contributed by atoms with Crippen LogP contribution in [0, 0.1) is 13.8 Å². The third kappa shape index (κ3) is 7.05. The monoisotopic (exact) mass is 693 g/mol. The molecule has 1 aliphatic carbocycles. The van der Waals surface area contributed by atoms with Crippen LogP contribution < -0.4 is 9.47 Å². The van der Waals surface area contributed by atoms with Crippen molar-refractivity contribution in [2.45, 2.75) is 57.8 Å². The number of carbonyl (C=O) groups excluding carboxylic acids is 1. The minimum Gasteiger partial charge on any atom is -0.490 e. The van der Waals surface area contributed by atoms with E-state index >= 15 is 0 Å². The molecule has 1 saturated carbocycles. The molecule has 48 heavy (non-hydrogen) atoms. The maximum atomic E-state index is 14.6. The first-order valence-electron chi connectivity index (χ1n) is 15.9. The second-order valence-corrected chi connectivity index (χ2v) is 13.3. The Morgan fingerprint density at radius 2 is 1.56 bits per heavy atom. The average molecular weight is 695 g/mol. The van der Waals surface area contributed by atoms with Crippen LogP contribution in [0.15, 0.2) is 66.2 Å². The highest BCUT2D eigenvalue weighted by Gasteiger charge is 2.49. The molecule has 3 aromatic rings. The van der Waals surface area contributed by atoms with Crippen molar-refractivity contribution in [1.29, 1.82) is 0 Å². The summed E-state index contributed by atoms with van der Waals surface area (Å²) < 4.78 is 11.8. The van der Waals surface area contributed by atoms with Gasteiger partial charge in [0.15, 0.2) is 0 Å². The van der Waals surface area contributed by atoms with E-state index in [1.807, 2.05) is 56.3 Å². The van der Waals surface area contributed by atoms with Gasteiger partial charge in [-0.05, 0) is 91.3 Å². The third-order valence-corrected chi connectivity index (χ3v) is 9.95. The van der Waals surface area contributed by atoms with E-state index < -0.39 is 24.3 Å². The Balaban J connectivity index is 1.28. The van der Waals surface area contributed by atoms with E-state index in [9.17, 15) is 24.6 Å². The maximum Gasteiger partial charge on any atom is 0.408 e. The molecule has 6 rings (SSSR count). The first-order chi connectivity index (χ1) is 23.0. The van der Waals surface area contributed by atoms with E-state index in [0.29, 0.717) is 32.7 Å². The number of carboxylic acid groups (broad SMARTS) is 2. The van der Waals surface area contributed by atoms with E-state index in [0.717, 1.165) is 35.1 Å². The molecule has 12 heteroatoms. The van der Waals surface area contributed by atoms with Crippen molar-refractivity contribution in [3.8, 4) is 11.5 Å². The zero-order valence-corrected chi connectivity index (χ0v) is 28.2. The Kier molecular flexibility index (Phi) is 9.75. The number of aryl methyl sites for hydroxylation is 2. The van der Waals surface area contributed by atoms with Crippen LogP contribution >= 0.6 is 23.2 Å². The summed E-state index contributed by atoms with van der Waals surface area (Å²) in [6, 6.07) is 16.8. The van der Waals surface area contributed by atoms with Gasteiger partial charge in [-0.1, -0.05) is 53.5 Å². The van der Waals surface area contributed by atoms with Gasteiger partial charge in [0.2, 0.25) is 0 Å². The SMILES string of the molecule is Cc1cc(Cl)c(OCCOc2ccc(C3=C(C(=O)N(Cc4ccccc4Cl)C4CC4)[C@H]4CN(C(=O)O)C[C@@H](C3)N4C(=O)O)cc2)cc1C. The molecule has 2 heterocycles. The lowest BCUT2D eigenvalue weighted by Gasteiger charge is -2.49. The molecule has 0 spiro atoms. The van der Waals surface area contributed by atoms with E-state index in [-0.39, 0.29) is 51.2 Å². The van der Waals surface area contributed by atoms with Gasteiger partial charge in [0.1, 0.15) is 24.7 Å². The van der Waals surface area contributed by atoms with Crippen molar-refractivity contribution in [2.24, 2.45) is 0 Å². The molecular formula is C36H37Cl2N3O7. The fraction of sp³-hybridized carbons (Fsp3) is 0.361. The van der Waals surface area contributed by atoms with Crippen molar-refractivity contribution in [3.05, 3.63) is 98.5 Å². The van der Waals surface area contributed by atoms with Crippen molar-refractivity contribution in [1.82, 2.24) is 14.7 Å². The number of halogens is 2. The van der Waals surface area contributed by atoms with Gasteiger partial charge < -0.3 is 29.5 Å². The smallest absolute Gasteiger partial charge is 0.408 e. The first-order valence-corrected chi connectivity index (χ1v) is 16.7. The fourth-order valence-electron chi connectivity index (χ4n) is 6.55. The number of hydrogen-bond donors (Lipinski definition) is 2. The first kappa shape index (κ1) is 33.5. The number of piperazine rings is 1. The van der Waals surface area contributed by atoms with Crippen LogP contribution in [0.3, 0.4) is 0 Å². The van der Waals surface area contributed by atoms with E-state index in [4.69, 9.17) is 32.7 Å². The molecule has 0 radical (unpaired) electrons. The second-order valence-electron chi connectivity index (χ2n) is 12.5. The molecule has 0 unspecified atom stereocenters. The minimum absolute atomic E-state index is 0.0147. The van der Waals surface area contributed by atoms with Crippen molar-refractivity contribution < 1.29 is 34.1 Å². The van der Waals surface area contributed by atoms with Crippen LogP contribution in [-0.2, 0) is 11.3 Å². The van der Waals surface area contributed by atoms with E-state index in [1.165, 1.54) is 9.80 Å². The van der Waals surface area contributed by atoms with E-state index in [2.05, 4.69) is 0 Å². The van der Waals surface area contributed by atoms with Gasteiger partial charge in [-0.3, -0.25) is 9.69 Å². The second kappa shape index (κ2) is 14.0. The van der Waals surface area contributed by atoms with Crippen LogP contribution in [0.1, 0.15) is 41.5 Å². The number of rotatable bonds is 10. The van der Waals surface area contributed by atoms with Crippen LogP contribution in [0.25, 0.3) is 5.57 Å². The highest BCUT2D eigenvalue weighted by Crippen LogP contribution is 2.41. The van der Waals surface area contributed by atoms with Gasteiger partial charge in [-0.25, -0.2) is 9.59 Å². The highest BCUT2D eigenvalue weighted by atomic mass is 35.5. The Hall–Kier alpha value is -4.41. The van der Waals surface area contributed by atoms with Gasteiger partial charge in [0.25, 0.3) is 5.91 Å². The van der Waals surface area contributed by atoms with Crippen molar-refractivity contribution in [2.75, 3.05) is 26.3 Å². The third-order valence-electron chi connectivity index (χ3n) is 9.28. The highest BCUT2D eigenvalue weighted by molar-refractivity contribution is 6.32. The predicted octanol–water partition coefficient (Wildman–Crippen LogP) is 7.13. The summed E-state index contributed by atoms with van der Waals surface area (Å²) in [4.78, 5) is 43.5. The zero-order chi connectivity index (χ0) is 34.1. The Bertz CT molecular complexity index is 1760. The topological polar surface area (TPSA) is 120 Å². The number of hydrogen-bond acceptors (Lipinski definition) is 5. The number of fused-ring (bicyclic) bond motifs is 2. The number of amides is 3. The molecule has 2 atom stereocenters. The largest absolute Gasteiger partial charge is 0.490 e. The Labute approximate surface area is 289 Å². The lowest BCUT2D eigenvalue weighted by atomic mass is 9.81. The maximum absolute atomic E-state index is 14.6. The summed E-state index contributed by atoms with van der Waals surface area (Å²) in [6.45, 7) is 4.67. The quantitative estimate of drug-likeness (QED) is 0.217. The fourth-order valence-corrected chi connectivity index (χ4v) is 7.01. The van der Waals surface area contributed by atoms with Gasteiger partial charge >= 0.3 is 12.2 Å². The molecule has 3 aromatic carbocycles. The summed E-state index contributed by atoms with van der Waals surface area (Å²) in [5.41, 5.74) is 4.71. The Morgan fingerprint density at radius 3 is 2.23 bits per heavy atom. The average Bonchev–Trinajstić information content (AvgIpc) is 3.89. The molecule has 2 N–H and O–H groups in total. The van der Waals surface area contributed by atoms with Crippen LogP contribution in [0.5, 0.6) is 11.5 Å². The van der Waals surface area contributed by atoms with Gasteiger partial charge in [0, 0.05) is 36.3 Å². The number of benzene rings is 3. The summed E-state index contributed by atoms with van der Waals surface area (Å²) in [5, 5.41) is 21.2. The standard InChI is InChI=1S/C36H37Cl2N3O7/c1-21-15-30(38)32(16-22(21)2)48-14-13-47-27-11-7-23(8-12-27)28-17-26-19-39(35(43)44)20-31(41(26)36(45)46)33(28)34(42)40(25-9-10-25)18-24-5-3-4-6-29(24)37/h3-8,11-12,15-16,25-26,31H,9-10,13-14,17-20H2,1-2H3,(H,43,44)(H,45,46)/t26-,31-/m1/s1. The number of carbonyl (C=O) groups is 3. The van der Waals surface area contributed by atoms with Gasteiger partial charge in [0.05, 0.1) is 17.1 Å².